The van der Waals surface area contributed by atoms with Crippen molar-refractivity contribution >= 4 is 15.7 Å². The zero-order chi connectivity index (χ0) is 15.5. The summed E-state index contributed by atoms with van der Waals surface area (Å²) in [6, 6.07) is 3.76. The molecule has 0 radical (unpaired) electrons. The smallest absolute Gasteiger partial charge is 0.270 e. The van der Waals surface area contributed by atoms with E-state index in [1.807, 2.05) is 0 Å². The molecule has 0 aliphatic carbocycles. The minimum Gasteiger partial charge on any atom is -0.348 e. The highest BCUT2D eigenvalue weighted by molar-refractivity contribution is 7.89. The van der Waals surface area contributed by atoms with Crippen molar-refractivity contribution in [3.8, 4) is 0 Å². The van der Waals surface area contributed by atoms with Gasteiger partial charge in [0.05, 0.1) is 16.1 Å². The Morgan fingerprint density at radius 2 is 2.19 bits per heavy atom. The summed E-state index contributed by atoms with van der Waals surface area (Å²) in [7, 11) is -3.79. The second-order valence-corrected chi connectivity index (χ2v) is 6.17. The van der Waals surface area contributed by atoms with Gasteiger partial charge in [-0.15, -0.1) is 0 Å². The van der Waals surface area contributed by atoms with Crippen LogP contribution in [0, 0.1) is 17.0 Å². The van der Waals surface area contributed by atoms with Crippen LogP contribution in [0.15, 0.2) is 35.6 Å². The lowest BCUT2D eigenvalue weighted by atomic mass is 10.2. The number of nitro groups is 1. The minimum atomic E-state index is -3.79. The van der Waals surface area contributed by atoms with Crippen molar-refractivity contribution in [1.29, 1.82) is 0 Å². The van der Waals surface area contributed by atoms with E-state index >= 15 is 0 Å². The fourth-order valence-corrected chi connectivity index (χ4v) is 3.11. The molecule has 2 aromatic rings. The summed E-state index contributed by atoms with van der Waals surface area (Å²) in [6.45, 7) is 1.76. The number of H-pyrrole nitrogens is 1. The van der Waals surface area contributed by atoms with Crippen LogP contribution < -0.4 is 4.72 Å². The highest BCUT2D eigenvalue weighted by atomic mass is 32.2. The molecule has 0 aliphatic heterocycles. The number of hydrogen-bond acceptors (Lipinski definition) is 5. The van der Waals surface area contributed by atoms with Crippen LogP contribution in [0.25, 0.3) is 0 Å². The number of benzene rings is 1. The molecule has 1 aromatic heterocycles. The van der Waals surface area contributed by atoms with E-state index in [2.05, 4.69) is 14.7 Å². The molecule has 0 fully saturated rings. The van der Waals surface area contributed by atoms with E-state index in [0.29, 0.717) is 12.0 Å². The molecule has 1 heterocycles. The zero-order valence-electron chi connectivity index (χ0n) is 11.2. The average molecular weight is 310 g/mol. The predicted octanol–water partition coefficient (Wildman–Crippen LogP) is 1.15. The zero-order valence-corrected chi connectivity index (χ0v) is 12.1. The van der Waals surface area contributed by atoms with Gasteiger partial charge in [-0.2, -0.15) is 0 Å². The Morgan fingerprint density at radius 3 is 2.81 bits per heavy atom. The molecule has 8 nitrogen and oxygen atoms in total. The Balaban J connectivity index is 2.15. The number of aromatic amines is 1. The molecule has 0 saturated carbocycles. The Hall–Kier alpha value is -2.26. The largest absolute Gasteiger partial charge is 0.348 e. The van der Waals surface area contributed by atoms with Gasteiger partial charge < -0.3 is 4.98 Å². The van der Waals surface area contributed by atoms with Crippen LogP contribution in [0.1, 0.15) is 11.3 Å². The van der Waals surface area contributed by atoms with Crippen LogP contribution in [-0.4, -0.2) is 29.9 Å². The maximum absolute atomic E-state index is 12.2. The van der Waals surface area contributed by atoms with Gasteiger partial charge in [0.15, 0.2) is 0 Å². The molecule has 9 heteroatoms. The van der Waals surface area contributed by atoms with Crippen LogP contribution in [0.4, 0.5) is 5.69 Å². The lowest BCUT2D eigenvalue weighted by Crippen LogP contribution is -2.26. The van der Waals surface area contributed by atoms with E-state index in [0.717, 1.165) is 11.8 Å². The predicted molar refractivity (Wildman–Crippen MR) is 75.3 cm³/mol. The van der Waals surface area contributed by atoms with Crippen molar-refractivity contribution in [2.24, 2.45) is 0 Å². The van der Waals surface area contributed by atoms with Gasteiger partial charge in [0.25, 0.3) is 5.69 Å². The summed E-state index contributed by atoms with van der Waals surface area (Å²) in [6.07, 6.45) is 3.56. The molecule has 21 heavy (non-hydrogen) atoms. The third-order valence-electron chi connectivity index (χ3n) is 2.91. The Labute approximate surface area is 121 Å². The maximum atomic E-state index is 12.2. The molecule has 112 valence electrons. The summed E-state index contributed by atoms with van der Waals surface area (Å²) in [4.78, 5) is 16.7. The molecule has 2 N–H and O–H groups in total. The first-order valence-electron chi connectivity index (χ1n) is 6.12. The molecular formula is C12H14N4O4S. The van der Waals surface area contributed by atoms with Crippen molar-refractivity contribution in [3.05, 3.63) is 52.1 Å². The van der Waals surface area contributed by atoms with Gasteiger partial charge in [-0.05, 0) is 12.5 Å². The number of aryl methyl sites for hydroxylation is 1. The first-order valence-corrected chi connectivity index (χ1v) is 7.60. The Bertz CT molecular complexity index is 741. The lowest BCUT2D eigenvalue weighted by Gasteiger charge is -2.08. The van der Waals surface area contributed by atoms with Crippen molar-refractivity contribution in [2.75, 3.05) is 6.54 Å². The standard InChI is InChI=1S/C12H14N4O4S/c1-9-2-3-11(16(17)18)6-12(9)21(19,20)15-5-4-10-7-13-8-14-10/h2-3,6-8,15H,4-5H2,1H3,(H,13,14). The van der Waals surface area contributed by atoms with Crippen LogP contribution >= 0.6 is 0 Å². The van der Waals surface area contributed by atoms with E-state index in [1.54, 1.807) is 13.1 Å². The van der Waals surface area contributed by atoms with Crippen molar-refractivity contribution in [2.45, 2.75) is 18.2 Å². The molecule has 0 atom stereocenters. The number of nitrogens with one attached hydrogen (secondary N) is 2. The molecular weight excluding hydrogens is 296 g/mol. The number of rotatable bonds is 6. The van der Waals surface area contributed by atoms with E-state index in [9.17, 15) is 18.5 Å². The van der Waals surface area contributed by atoms with Gasteiger partial charge in [0.2, 0.25) is 10.0 Å². The van der Waals surface area contributed by atoms with Crippen LogP contribution in [0.5, 0.6) is 0 Å². The monoisotopic (exact) mass is 310 g/mol. The van der Waals surface area contributed by atoms with Gasteiger partial charge in [-0.1, -0.05) is 6.07 Å². The van der Waals surface area contributed by atoms with Crippen LogP contribution in [-0.2, 0) is 16.4 Å². The summed E-state index contributed by atoms with van der Waals surface area (Å²) in [5.74, 6) is 0. The third-order valence-corrected chi connectivity index (χ3v) is 4.52. The molecule has 0 saturated heterocycles. The van der Waals surface area contributed by atoms with Gasteiger partial charge in [-0.3, -0.25) is 10.1 Å². The Morgan fingerprint density at radius 1 is 1.43 bits per heavy atom. The summed E-state index contributed by atoms with van der Waals surface area (Å²) < 4.78 is 26.8. The number of sulfonamides is 1. The van der Waals surface area contributed by atoms with Crippen molar-refractivity contribution in [1.82, 2.24) is 14.7 Å². The number of aromatic nitrogens is 2. The fraction of sp³-hybridized carbons (Fsp3) is 0.250. The van der Waals surface area contributed by atoms with Gasteiger partial charge in [0.1, 0.15) is 0 Å². The summed E-state index contributed by atoms with van der Waals surface area (Å²) >= 11 is 0. The first-order chi connectivity index (χ1) is 9.90. The number of non-ortho nitro benzene ring substituents is 1. The first kappa shape index (κ1) is 15.1. The third kappa shape index (κ3) is 3.64. The van der Waals surface area contributed by atoms with Crippen LogP contribution in [0.3, 0.4) is 0 Å². The normalized spacial score (nSPS) is 11.5. The quantitative estimate of drug-likeness (QED) is 0.613. The van der Waals surface area contributed by atoms with Crippen molar-refractivity contribution < 1.29 is 13.3 Å². The molecule has 1 aromatic carbocycles. The highest BCUT2D eigenvalue weighted by Gasteiger charge is 2.20. The fourth-order valence-electron chi connectivity index (χ4n) is 1.81. The van der Waals surface area contributed by atoms with E-state index in [-0.39, 0.29) is 17.1 Å². The van der Waals surface area contributed by atoms with Crippen LogP contribution in [0.2, 0.25) is 0 Å². The second kappa shape index (κ2) is 6.02. The molecule has 0 bridgehead atoms. The SMILES string of the molecule is Cc1ccc([N+](=O)[O-])cc1S(=O)(=O)NCCc1cnc[nH]1. The van der Waals surface area contributed by atoms with Crippen molar-refractivity contribution in [3.63, 3.8) is 0 Å². The maximum Gasteiger partial charge on any atom is 0.270 e. The lowest BCUT2D eigenvalue weighted by molar-refractivity contribution is -0.385. The molecule has 0 aliphatic rings. The number of hydrogen-bond donors (Lipinski definition) is 2. The number of nitro benzene ring substituents is 1. The molecule has 0 amide bonds. The topological polar surface area (TPSA) is 118 Å². The van der Waals surface area contributed by atoms with E-state index in [4.69, 9.17) is 0 Å². The van der Waals surface area contributed by atoms with Gasteiger partial charge in [0, 0.05) is 37.0 Å². The second-order valence-electron chi connectivity index (χ2n) is 4.43. The molecule has 0 unspecified atom stereocenters. The van der Waals surface area contributed by atoms with E-state index < -0.39 is 14.9 Å². The summed E-state index contributed by atoms with van der Waals surface area (Å²) in [5, 5.41) is 10.7. The minimum absolute atomic E-state index is 0.0821. The van der Waals surface area contributed by atoms with Gasteiger partial charge >= 0.3 is 0 Å². The molecule has 2 rings (SSSR count). The number of nitrogens with zero attached hydrogens (tertiary/aromatic N) is 2. The number of imidazole rings is 1. The van der Waals surface area contributed by atoms with E-state index in [1.165, 1.54) is 18.5 Å². The molecule has 0 spiro atoms. The Kier molecular flexibility index (Phi) is 4.34. The summed E-state index contributed by atoms with van der Waals surface area (Å²) in [5.41, 5.74) is 0.998. The average Bonchev–Trinajstić information content (AvgIpc) is 2.91. The van der Waals surface area contributed by atoms with Gasteiger partial charge in [-0.25, -0.2) is 18.1 Å². The highest BCUT2D eigenvalue weighted by Crippen LogP contribution is 2.21.